The molecule has 30 heavy (non-hydrogen) atoms. The summed E-state index contributed by atoms with van der Waals surface area (Å²) in [6.45, 7) is 10.3. The smallest absolute Gasteiger partial charge is 0.328 e. The van der Waals surface area contributed by atoms with E-state index in [1.165, 1.54) is 17.0 Å². The Morgan fingerprint density at radius 2 is 1.63 bits per heavy atom. The highest BCUT2D eigenvalue weighted by Gasteiger charge is 2.31. The highest BCUT2D eigenvalue weighted by molar-refractivity contribution is 5.94. The van der Waals surface area contributed by atoms with Gasteiger partial charge in [0.05, 0.1) is 17.6 Å². The zero-order valence-corrected chi connectivity index (χ0v) is 18.0. The van der Waals surface area contributed by atoms with Crippen LogP contribution in [-0.4, -0.2) is 31.1 Å². The molecular weight excluding hydrogens is 391 g/mol. The molecule has 0 aliphatic carbocycles. The van der Waals surface area contributed by atoms with Crippen molar-refractivity contribution < 1.29 is 28.2 Å². The van der Waals surface area contributed by atoms with Crippen molar-refractivity contribution in [2.45, 2.75) is 52.0 Å². The second-order valence-electron chi connectivity index (χ2n) is 8.11. The van der Waals surface area contributed by atoms with Crippen LogP contribution >= 0.6 is 0 Å². The average molecular weight is 424 g/mol. The third-order valence-electron chi connectivity index (χ3n) is 5.22. The number of benzene rings is 2. The number of hydrogen-bond donors (Lipinski definition) is 3. The first kappa shape index (κ1) is 23.9. The van der Waals surface area contributed by atoms with E-state index in [2.05, 4.69) is 33.0 Å². The predicted molar refractivity (Wildman–Crippen MR) is 112 cm³/mol. The van der Waals surface area contributed by atoms with E-state index < -0.39 is 17.8 Å². The minimum absolute atomic E-state index is 0.140. The molecule has 1 atom stereocenters. The van der Waals surface area contributed by atoms with Crippen LogP contribution in [0.25, 0.3) is 0 Å². The Hall–Kier alpha value is -2.38. The number of halogens is 3. The first-order valence-electron chi connectivity index (χ1n) is 10.3. The van der Waals surface area contributed by atoms with Crippen molar-refractivity contribution in [3.63, 3.8) is 0 Å². The Labute approximate surface area is 176 Å². The van der Waals surface area contributed by atoms with Gasteiger partial charge in [0.2, 0.25) is 0 Å². The van der Waals surface area contributed by atoms with Crippen LogP contribution in [-0.2, 0) is 11.0 Å². The second kappa shape index (κ2) is 10.6. The highest BCUT2D eigenvalue weighted by atomic mass is 19.4. The van der Waals surface area contributed by atoms with Crippen LogP contribution in [0.1, 0.15) is 44.9 Å². The van der Waals surface area contributed by atoms with Crippen LogP contribution in [0, 0.1) is 0 Å². The van der Waals surface area contributed by atoms with Crippen LogP contribution in [0.4, 0.5) is 18.9 Å². The molecule has 2 aromatic rings. The second-order valence-corrected chi connectivity index (χ2v) is 8.11. The monoisotopic (exact) mass is 423 g/mol. The third kappa shape index (κ3) is 6.85. The van der Waals surface area contributed by atoms with Crippen LogP contribution in [0.2, 0.25) is 0 Å². The summed E-state index contributed by atoms with van der Waals surface area (Å²) >= 11 is 0. The maximum Gasteiger partial charge on any atom is 0.416 e. The van der Waals surface area contributed by atoms with Gasteiger partial charge in [0.15, 0.2) is 6.04 Å². The molecule has 164 valence electrons. The van der Waals surface area contributed by atoms with Crippen LogP contribution in [0.3, 0.4) is 0 Å². The number of anilines is 1. The van der Waals surface area contributed by atoms with Gasteiger partial charge in [-0.15, -0.1) is 0 Å². The summed E-state index contributed by atoms with van der Waals surface area (Å²) in [7, 11) is 0. The molecular formula is C23H32F3N3O+2. The minimum Gasteiger partial charge on any atom is -0.328 e. The zero-order chi connectivity index (χ0) is 22.3. The molecule has 0 unspecified atom stereocenters. The lowest BCUT2D eigenvalue weighted by molar-refractivity contribution is -0.952. The fourth-order valence-electron chi connectivity index (χ4n) is 3.71. The molecule has 0 aliphatic heterocycles. The van der Waals surface area contributed by atoms with E-state index in [-0.39, 0.29) is 11.6 Å². The van der Waals surface area contributed by atoms with Crippen molar-refractivity contribution in [3.05, 3.63) is 65.7 Å². The summed E-state index contributed by atoms with van der Waals surface area (Å²) in [5.74, 6) is -0.337. The first-order chi connectivity index (χ1) is 14.1. The summed E-state index contributed by atoms with van der Waals surface area (Å²) < 4.78 is 38.9. The summed E-state index contributed by atoms with van der Waals surface area (Å²) in [5, 5.41) is 4.62. The number of hydrogen-bond acceptors (Lipinski definition) is 1. The van der Waals surface area contributed by atoms with Crippen molar-refractivity contribution in [3.8, 4) is 0 Å². The Morgan fingerprint density at radius 3 is 2.20 bits per heavy atom. The van der Waals surface area contributed by atoms with E-state index in [9.17, 15) is 18.0 Å². The molecule has 0 fully saturated rings. The number of amides is 1. The number of nitrogens with two attached hydrogens (primary N) is 1. The molecule has 0 spiro atoms. The molecule has 0 saturated heterocycles. The SMILES string of the molecule is CC(C)[NH+](CC[NH2+][C@@H](C(=O)Nc1cccc(C(F)(F)F)c1)c1ccccc1)C(C)C. The summed E-state index contributed by atoms with van der Waals surface area (Å²) in [6, 6.07) is 14.4. The van der Waals surface area contributed by atoms with Gasteiger partial charge >= 0.3 is 6.18 Å². The maximum absolute atomic E-state index is 13.0. The standard InChI is InChI=1S/C23H30F3N3O/c1-16(2)29(17(3)4)14-13-27-21(18-9-6-5-7-10-18)22(30)28-20-12-8-11-19(15-20)23(24,25)26/h5-12,15-17,21,27H,13-14H2,1-4H3,(H,28,30)/p+2/t21-/m1/s1. The van der Waals surface area contributed by atoms with E-state index in [1.807, 2.05) is 35.6 Å². The minimum atomic E-state index is -4.45. The van der Waals surface area contributed by atoms with E-state index in [1.54, 1.807) is 0 Å². The summed E-state index contributed by atoms with van der Waals surface area (Å²) in [6.07, 6.45) is -4.45. The third-order valence-corrected chi connectivity index (χ3v) is 5.22. The number of rotatable bonds is 9. The van der Waals surface area contributed by atoms with Gasteiger partial charge < -0.3 is 15.5 Å². The van der Waals surface area contributed by atoms with Gasteiger partial charge in [-0.3, -0.25) is 4.79 Å². The Kier molecular flexibility index (Phi) is 8.43. The lowest BCUT2D eigenvalue weighted by atomic mass is 10.1. The molecule has 2 aromatic carbocycles. The van der Waals surface area contributed by atoms with Gasteiger partial charge in [-0.2, -0.15) is 13.2 Å². The molecule has 4 N–H and O–H groups in total. The largest absolute Gasteiger partial charge is 0.416 e. The summed E-state index contributed by atoms with van der Waals surface area (Å²) in [5.41, 5.74) is 0.173. The van der Waals surface area contributed by atoms with Crippen molar-refractivity contribution in [2.75, 3.05) is 18.4 Å². The van der Waals surface area contributed by atoms with Crippen molar-refractivity contribution in [1.29, 1.82) is 0 Å². The summed E-state index contributed by atoms with van der Waals surface area (Å²) in [4.78, 5) is 14.4. The Morgan fingerprint density at radius 1 is 1.00 bits per heavy atom. The molecule has 0 aliphatic rings. The molecule has 7 heteroatoms. The zero-order valence-electron chi connectivity index (χ0n) is 18.0. The number of carbonyl (C=O) groups excluding carboxylic acids is 1. The van der Waals surface area contributed by atoms with Crippen molar-refractivity contribution in [2.24, 2.45) is 0 Å². The van der Waals surface area contributed by atoms with Gasteiger partial charge in [-0.25, -0.2) is 0 Å². The number of quaternary nitrogens is 2. The van der Waals surface area contributed by atoms with E-state index in [4.69, 9.17) is 0 Å². The van der Waals surface area contributed by atoms with E-state index >= 15 is 0 Å². The lowest BCUT2D eigenvalue weighted by Crippen LogP contribution is -3.19. The normalized spacial score (nSPS) is 13.1. The quantitative estimate of drug-likeness (QED) is 0.571. The maximum atomic E-state index is 13.0. The molecule has 0 heterocycles. The van der Waals surface area contributed by atoms with Crippen molar-refractivity contribution >= 4 is 11.6 Å². The number of alkyl halides is 3. The van der Waals surface area contributed by atoms with E-state index in [0.29, 0.717) is 12.1 Å². The van der Waals surface area contributed by atoms with Gasteiger partial charge in [0.25, 0.3) is 5.91 Å². The lowest BCUT2D eigenvalue weighted by Gasteiger charge is -2.27. The molecule has 0 bridgehead atoms. The fourth-order valence-corrected chi connectivity index (χ4v) is 3.71. The van der Waals surface area contributed by atoms with Gasteiger partial charge in [-0.1, -0.05) is 36.4 Å². The number of nitrogens with one attached hydrogen (secondary N) is 2. The molecule has 0 saturated carbocycles. The van der Waals surface area contributed by atoms with Gasteiger partial charge in [0, 0.05) is 11.3 Å². The Bertz CT molecular complexity index is 799. The molecule has 2 rings (SSSR count). The van der Waals surface area contributed by atoms with Crippen LogP contribution in [0.5, 0.6) is 0 Å². The highest BCUT2D eigenvalue weighted by Crippen LogP contribution is 2.30. The fraction of sp³-hybridized carbons (Fsp3) is 0.435. The van der Waals surface area contributed by atoms with E-state index in [0.717, 1.165) is 30.8 Å². The molecule has 4 nitrogen and oxygen atoms in total. The van der Waals surface area contributed by atoms with Gasteiger partial charge in [-0.05, 0) is 45.9 Å². The van der Waals surface area contributed by atoms with Crippen LogP contribution in [0.15, 0.2) is 54.6 Å². The van der Waals surface area contributed by atoms with Gasteiger partial charge in [0.1, 0.15) is 13.1 Å². The van der Waals surface area contributed by atoms with Crippen LogP contribution < -0.4 is 15.5 Å². The molecule has 1 amide bonds. The topological polar surface area (TPSA) is 50.2 Å². The predicted octanol–water partition coefficient (Wildman–Crippen LogP) is 2.65. The average Bonchev–Trinajstić information content (AvgIpc) is 2.67. The Balaban J connectivity index is 2.14. The number of carbonyl (C=O) groups is 1. The molecule has 0 aromatic heterocycles. The first-order valence-corrected chi connectivity index (χ1v) is 10.3. The molecule has 0 radical (unpaired) electrons. The van der Waals surface area contributed by atoms with Crippen molar-refractivity contribution in [1.82, 2.24) is 0 Å².